The van der Waals surface area contributed by atoms with Crippen LogP contribution in [0.15, 0.2) is 35.0 Å². The number of thiophene rings is 2. The Bertz CT molecular complexity index is 768. The molecule has 4 rings (SSSR count). The average molecular weight is 409 g/mol. The number of hydrogen-bond donors (Lipinski definition) is 1. The van der Waals surface area contributed by atoms with Gasteiger partial charge in [-0.25, -0.2) is 4.79 Å². The van der Waals surface area contributed by atoms with Crippen molar-refractivity contribution in [2.45, 2.75) is 56.3 Å². The topological polar surface area (TPSA) is 59.1 Å². The van der Waals surface area contributed by atoms with Crippen molar-refractivity contribution in [1.29, 1.82) is 0 Å². The van der Waals surface area contributed by atoms with E-state index in [9.17, 15) is 9.90 Å². The third-order valence-electron chi connectivity index (χ3n) is 6.25. The smallest absolute Gasteiger partial charge is 0.349 e. The highest BCUT2D eigenvalue weighted by molar-refractivity contribution is 7.12. The van der Waals surface area contributed by atoms with Crippen molar-refractivity contribution in [3.63, 3.8) is 0 Å². The number of rotatable bonds is 6. The number of epoxide rings is 1. The Hall–Kier alpha value is -1.25. The molecule has 2 fully saturated rings. The summed E-state index contributed by atoms with van der Waals surface area (Å²) in [4.78, 5) is 14.2. The minimum atomic E-state index is -1.75. The van der Waals surface area contributed by atoms with Crippen LogP contribution < -0.4 is 0 Å². The molecule has 0 aromatic carbocycles. The second kappa shape index (κ2) is 6.67. The van der Waals surface area contributed by atoms with Crippen molar-refractivity contribution in [3.8, 4) is 0 Å². The largest absolute Gasteiger partial charge is 0.460 e. The van der Waals surface area contributed by atoms with Gasteiger partial charge in [-0.05, 0) is 36.7 Å². The summed E-state index contributed by atoms with van der Waals surface area (Å²) in [6.07, 6.45) is 0.989. The molecule has 0 unspecified atom stereocenters. The second-order valence-corrected chi connectivity index (χ2v) is 10.0. The molecule has 2 aliphatic rings. The maximum Gasteiger partial charge on any atom is 0.349 e. The summed E-state index contributed by atoms with van der Waals surface area (Å²) in [5.41, 5.74) is -1.75. The molecule has 2 aromatic rings. The van der Waals surface area contributed by atoms with Crippen LogP contribution in [0.3, 0.4) is 0 Å². The maximum absolute atomic E-state index is 13.1. The van der Waals surface area contributed by atoms with Crippen LogP contribution in [0, 0.1) is 0 Å². The zero-order valence-corrected chi connectivity index (χ0v) is 17.6. The summed E-state index contributed by atoms with van der Waals surface area (Å²) in [6, 6.07) is 7.95. The number of aliphatic hydroxyl groups is 1. The predicted octanol–water partition coefficient (Wildman–Crippen LogP) is 2.98. The molecule has 1 N–H and O–H groups in total. The zero-order chi connectivity index (χ0) is 19.4. The van der Waals surface area contributed by atoms with Crippen molar-refractivity contribution in [2.24, 2.45) is 0 Å². The molecule has 5 atom stereocenters. The lowest BCUT2D eigenvalue weighted by atomic mass is 9.99. The van der Waals surface area contributed by atoms with Crippen LogP contribution in [0.25, 0.3) is 0 Å². The lowest BCUT2D eigenvalue weighted by Crippen LogP contribution is -2.54. The van der Waals surface area contributed by atoms with Gasteiger partial charge in [0, 0.05) is 6.42 Å². The molecule has 0 aliphatic carbocycles. The average Bonchev–Trinajstić information content (AvgIpc) is 3.01. The molecule has 0 radical (unpaired) electrons. The molecule has 5 nitrogen and oxygen atoms in total. The number of hydrogen-bond acceptors (Lipinski definition) is 6. The van der Waals surface area contributed by atoms with Crippen LogP contribution in [-0.2, 0) is 19.9 Å². The lowest BCUT2D eigenvalue weighted by Gasteiger charge is -2.39. The fourth-order valence-corrected chi connectivity index (χ4v) is 5.96. The molecule has 0 spiro atoms. The van der Waals surface area contributed by atoms with Crippen LogP contribution in [0.1, 0.15) is 30.0 Å². The number of esters is 1. The van der Waals surface area contributed by atoms with E-state index in [4.69, 9.17) is 9.47 Å². The van der Waals surface area contributed by atoms with E-state index >= 15 is 0 Å². The van der Waals surface area contributed by atoms with Gasteiger partial charge in [0.05, 0.1) is 23.8 Å². The summed E-state index contributed by atoms with van der Waals surface area (Å²) < 4.78 is 12.5. The van der Waals surface area contributed by atoms with Crippen molar-refractivity contribution in [2.75, 3.05) is 14.1 Å². The molecule has 146 valence electrons. The third kappa shape index (κ3) is 3.06. The molecule has 27 heavy (non-hydrogen) atoms. The highest BCUT2D eigenvalue weighted by atomic mass is 32.1. The molecule has 0 amide bonds. The van der Waals surface area contributed by atoms with E-state index in [2.05, 4.69) is 21.0 Å². The number of carbonyl (C=O) groups is 1. The van der Waals surface area contributed by atoms with Gasteiger partial charge in [0.25, 0.3) is 0 Å². The first kappa shape index (κ1) is 19.1. The number of carbonyl (C=O) groups excluding carboxylic acids is 1. The molecular formula is C20H26NO4S2+. The number of fused-ring (bicyclic) bond motifs is 1. The van der Waals surface area contributed by atoms with Crippen LogP contribution in [0.4, 0.5) is 0 Å². The van der Waals surface area contributed by atoms with Gasteiger partial charge in [-0.2, -0.15) is 0 Å². The molecular weight excluding hydrogens is 382 g/mol. The molecule has 2 aromatic heterocycles. The normalized spacial score (nSPS) is 30.0. The third-order valence-corrected chi connectivity index (χ3v) is 8.21. The monoisotopic (exact) mass is 408 g/mol. The van der Waals surface area contributed by atoms with E-state index in [0.717, 1.165) is 10.9 Å². The van der Waals surface area contributed by atoms with Gasteiger partial charge < -0.3 is 19.1 Å². The van der Waals surface area contributed by atoms with Gasteiger partial charge in [-0.1, -0.05) is 12.1 Å². The highest BCUT2D eigenvalue weighted by Crippen LogP contribution is 2.46. The summed E-state index contributed by atoms with van der Waals surface area (Å²) in [5, 5.41) is 15.0. The van der Waals surface area contributed by atoms with E-state index in [-0.39, 0.29) is 12.2 Å². The van der Waals surface area contributed by atoms with Gasteiger partial charge in [0.15, 0.2) is 0 Å². The molecule has 4 heterocycles. The minimum absolute atomic E-state index is 0.254. The van der Waals surface area contributed by atoms with E-state index in [1.54, 1.807) is 12.1 Å². The Balaban J connectivity index is 1.50. The predicted molar refractivity (Wildman–Crippen MR) is 106 cm³/mol. The quantitative estimate of drug-likeness (QED) is 0.454. The van der Waals surface area contributed by atoms with Gasteiger partial charge in [0.2, 0.25) is 5.60 Å². The number of nitrogens with zero attached hydrogens (tertiary/aromatic N) is 1. The first-order chi connectivity index (χ1) is 12.8. The van der Waals surface area contributed by atoms with Gasteiger partial charge in [-0.3, -0.25) is 0 Å². The highest BCUT2D eigenvalue weighted by Gasteiger charge is 2.66. The fourth-order valence-electron chi connectivity index (χ4n) is 4.25. The SMILES string of the molecule is C[C@H](C[C@@H]1[C@@H]2O[C@@H]2[C@@H](C)[N+]1(C)C)OC(=O)C(O)(c1cccs1)c1cccs1. The maximum atomic E-state index is 13.1. The summed E-state index contributed by atoms with van der Waals surface area (Å²) >= 11 is 2.71. The molecule has 0 saturated carbocycles. The number of likely N-dealkylation sites (N-methyl/N-ethyl adjacent to an activating group) is 1. The second-order valence-electron chi connectivity index (χ2n) is 8.12. The van der Waals surface area contributed by atoms with Crippen LogP contribution in [0.5, 0.6) is 0 Å². The van der Waals surface area contributed by atoms with E-state index in [1.807, 2.05) is 29.8 Å². The minimum Gasteiger partial charge on any atom is -0.460 e. The first-order valence-corrected chi connectivity index (χ1v) is 11.0. The summed E-state index contributed by atoms with van der Waals surface area (Å²) in [7, 11) is 4.43. The number of ether oxygens (including phenoxy) is 2. The van der Waals surface area contributed by atoms with Gasteiger partial charge >= 0.3 is 5.97 Å². The first-order valence-electron chi connectivity index (χ1n) is 9.26. The van der Waals surface area contributed by atoms with Crippen molar-refractivity contribution >= 4 is 28.6 Å². The molecule has 2 aliphatic heterocycles. The summed E-state index contributed by atoms with van der Waals surface area (Å²) in [6.45, 7) is 4.12. The number of likely N-dealkylation sites (tertiary alicyclic amines) is 1. The zero-order valence-electron chi connectivity index (χ0n) is 16.0. The van der Waals surface area contributed by atoms with Crippen LogP contribution in [0.2, 0.25) is 0 Å². The molecule has 2 saturated heterocycles. The Morgan fingerprint density at radius 3 is 2.30 bits per heavy atom. The van der Waals surface area contributed by atoms with E-state index in [0.29, 0.717) is 27.9 Å². The Morgan fingerprint density at radius 1 is 1.26 bits per heavy atom. The number of quaternary nitrogens is 1. The van der Waals surface area contributed by atoms with Crippen LogP contribution >= 0.6 is 22.7 Å². The van der Waals surface area contributed by atoms with Crippen LogP contribution in [-0.4, -0.2) is 60.0 Å². The van der Waals surface area contributed by atoms with E-state index < -0.39 is 11.6 Å². The van der Waals surface area contributed by atoms with Gasteiger partial charge in [0.1, 0.15) is 30.4 Å². The number of morpholine rings is 1. The summed E-state index contributed by atoms with van der Waals surface area (Å²) in [5.74, 6) is -0.607. The fraction of sp³-hybridized carbons (Fsp3) is 0.550. The van der Waals surface area contributed by atoms with Crippen molar-refractivity contribution in [1.82, 2.24) is 0 Å². The molecule has 0 bridgehead atoms. The lowest BCUT2D eigenvalue weighted by molar-refractivity contribution is -0.930. The van der Waals surface area contributed by atoms with Crippen molar-refractivity contribution in [3.05, 3.63) is 44.8 Å². The van der Waals surface area contributed by atoms with Gasteiger partial charge in [-0.15, -0.1) is 22.7 Å². The van der Waals surface area contributed by atoms with E-state index in [1.165, 1.54) is 22.7 Å². The Labute approximate surface area is 167 Å². The molecule has 7 heteroatoms. The Kier molecular flexibility index (Phi) is 4.71. The van der Waals surface area contributed by atoms with Crippen molar-refractivity contribution < 1.29 is 23.9 Å². The Morgan fingerprint density at radius 2 is 1.85 bits per heavy atom. The standard InChI is InChI=1S/C20H26NO4S2/c1-12(11-14-18-17(25-18)13(2)21(14,3)4)24-19(22)20(23,15-7-5-9-26-15)16-8-6-10-27-16/h5-10,12-14,17-18,23H,11H2,1-4H3/q+1/t12-,13-,14-,17-,18+/m1/s1.